The van der Waals surface area contributed by atoms with Gasteiger partial charge in [-0.05, 0) is 27.2 Å². The Morgan fingerprint density at radius 1 is 1.56 bits per heavy atom. The second-order valence-corrected chi connectivity index (χ2v) is 2.59. The first-order valence-electron chi connectivity index (χ1n) is 3.36. The van der Waals surface area contributed by atoms with Crippen LogP contribution in [0.1, 0.15) is 27.2 Å². The maximum Gasteiger partial charge on any atom is 0.0403 e. The molecule has 0 rings (SSSR count). The van der Waals surface area contributed by atoms with Crippen molar-refractivity contribution in [2.45, 2.75) is 33.2 Å². The summed E-state index contributed by atoms with van der Waals surface area (Å²) in [5.74, 6) is 0. The Labute approximate surface area is 57.2 Å². The van der Waals surface area contributed by atoms with Crippen LogP contribution in [0.4, 0.5) is 0 Å². The van der Waals surface area contributed by atoms with Crippen molar-refractivity contribution in [1.82, 2.24) is 0 Å². The van der Waals surface area contributed by atoms with Crippen LogP contribution in [0.2, 0.25) is 0 Å². The molecular weight excluding hydrogens is 112 g/mol. The highest BCUT2D eigenvalue weighted by Gasteiger charge is 1.89. The highest BCUT2D eigenvalue weighted by molar-refractivity contribution is 5.78. The molecule has 0 bridgehead atoms. The molecule has 2 nitrogen and oxygen atoms in total. The SMILES string of the molecule is CC(C)=NCCC(C)N. The zero-order valence-corrected chi connectivity index (χ0v) is 6.52. The van der Waals surface area contributed by atoms with E-state index in [1.54, 1.807) is 0 Å². The molecule has 0 amide bonds. The van der Waals surface area contributed by atoms with Crippen LogP contribution in [-0.4, -0.2) is 18.3 Å². The summed E-state index contributed by atoms with van der Waals surface area (Å²) in [5, 5.41) is 0. The van der Waals surface area contributed by atoms with Gasteiger partial charge in [-0.1, -0.05) is 0 Å². The van der Waals surface area contributed by atoms with Crippen LogP contribution in [0.25, 0.3) is 0 Å². The zero-order valence-electron chi connectivity index (χ0n) is 6.52. The first-order chi connectivity index (χ1) is 4.13. The van der Waals surface area contributed by atoms with Gasteiger partial charge in [0.2, 0.25) is 0 Å². The molecule has 0 aromatic rings. The summed E-state index contributed by atoms with van der Waals surface area (Å²) in [6, 6.07) is 0.285. The third-order valence-electron chi connectivity index (χ3n) is 1.01. The molecular formula is C7H16N2. The summed E-state index contributed by atoms with van der Waals surface area (Å²) in [7, 11) is 0. The number of nitrogens with zero attached hydrogens (tertiary/aromatic N) is 1. The van der Waals surface area contributed by atoms with E-state index in [2.05, 4.69) is 4.99 Å². The molecule has 0 aromatic carbocycles. The van der Waals surface area contributed by atoms with E-state index < -0.39 is 0 Å². The van der Waals surface area contributed by atoms with E-state index in [0.29, 0.717) is 0 Å². The topological polar surface area (TPSA) is 38.4 Å². The van der Waals surface area contributed by atoms with E-state index >= 15 is 0 Å². The Balaban J connectivity index is 3.20. The third kappa shape index (κ3) is 7.63. The van der Waals surface area contributed by atoms with Crippen LogP contribution in [0.3, 0.4) is 0 Å². The molecule has 0 heterocycles. The van der Waals surface area contributed by atoms with E-state index in [1.165, 1.54) is 0 Å². The van der Waals surface area contributed by atoms with Crippen molar-refractivity contribution >= 4 is 5.71 Å². The van der Waals surface area contributed by atoms with Crippen LogP contribution in [0.15, 0.2) is 4.99 Å². The lowest BCUT2D eigenvalue weighted by Crippen LogP contribution is -2.15. The Morgan fingerprint density at radius 3 is 2.44 bits per heavy atom. The number of hydrogen-bond acceptors (Lipinski definition) is 2. The molecule has 9 heavy (non-hydrogen) atoms. The normalized spacial score (nSPS) is 12.9. The fourth-order valence-electron chi connectivity index (χ4n) is 0.492. The maximum atomic E-state index is 5.51. The minimum absolute atomic E-state index is 0.285. The molecule has 1 atom stereocenters. The standard InChI is InChI=1S/C7H16N2/c1-6(2)9-5-4-7(3)8/h7H,4-5,8H2,1-3H3. The first-order valence-corrected chi connectivity index (χ1v) is 3.36. The van der Waals surface area contributed by atoms with Crippen LogP contribution in [-0.2, 0) is 0 Å². The van der Waals surface area contributed by atoms with E-state index in [4.69, 9.17) is 5.73 Å². The number of aliphatic imine (C=N–C) groups is 1. The maximum absolute atomic E-state index is 5.51. The first kappa shape index (κ1) is 8.63. The van der Waals surface area contributed by atoms with Gasteiger partial charge < -0.3 is 5.73 Å². The summed E-state index contributed by atoms with van der Waals surface area (Å²) in [4.78, 5) is 4.20. The van der Waals surface area contributed by atoms with Crippen molar-refractivity contribution < 1.29 is 0 Å². The molecule has 0 aliphatic carbocycles. The van der Waals surface area contributed by atoms with Gasteiger partial charge in [-0.25, -0.2) is 0 Å². The molecule has 0 radical (unpaired) electrons. The second kappa shape index (κ2) is 4.50. The van der Waals surface area contributed by atoms with Crippen molar-refractivity contribution in [2.75, 3.05) is 6.54 Å². The summed E-state index contributed by atoms with van der Waals surface area (Å²) >= 11 is 0. The van der Waals surface area contributed by atoms with E-state index in [9.17, 15) is 0 Å². The molecule has 2 N–H and O–H groups in total. The highest BCUT2D eigenvalue weighted by Crippen LogP contribution is 1.86. The van der Waals surface area contributed by atoms with Gasteiger partial charge in [0.05, 0.1) is 0 Å². The quantitative estimate of drug-likeness (QED) is 0.570. The number of nitrogens with two attached hydrogens (primary N) is 1. The van der Waals surface area contributed by atoms with Crippen molar-refractivity contribution in [3.8, 4) is 0 Å². The van der Waals surface area contributed by atoms with Crippen LogP contribution in [0, 0.1) is 0 Å². The highest BCUT2D eigenvalue weighted by atomic mass is 14.7. The molecule has 0 saturated heterocycles. The van der Waals surface area contributed by atoms with Crippen molar-refractivity contribution in [3.05, 3.63) is 0 Å². The van der Waals surface area contributed by atoms with Gasteiger partial charge in [-0.3, -0.25) is 4.99 Å². The molecule has 54 valence electrons. The average Bonchev–Trinajstić information content (AvgIpc) is 1.63. The number of hydrogen-bond donors (Lipinski definition) is 1. The summed E-state index contributed by atoms with van der Waals surface area (Å²) in [6.45, 7) is 6.88. The Hall–Kier alpha value is -0.370. The molecule has 2 heteroatoms. The Kier molecular flexibility index (Phi) is 4.32. The lowest BCUT2D eigenvalue weighted by molar-refractivity contribution is 0.677. The average molecular weight is 128 g/mol. The Morgan fingerprint density at radius 2 is 2.11 bits per heavy atom. The monoisotopic (exact) mass is 128 g/mol. The van der Waals surface area contributed by atoms with E-state index in [-0.39, 0.29) is 6.04 Å². The van der Waals surface area contributed by atoms with Gasteiger partial charge in [-0.2, -0.15) is 0 Å². The lowest BCUT2D eigenvalue weighted by Gasteiger charge is -1.99. The van der Waals surface area contributed by atoms with E-state index in [1.807, 2.05) is 20.8 Å². The summed E-state index contributed by atoms with van der Waals surface area (Å²) < 4.78 is 0. The second-order valence-electron chi connectivity index (χ2n) is 2.59. The molecule has 1 unspecified atom stereocenters. The predicted molar refractivity (Wildman–Crippen MR) is 41.9 cm³/mol. The van der Waals surface area contributed by atoms with Gasteiger partial charge in [0.15, 0.2) is 0 Å². The lowest BCUT2D eigenvalue weighted by atomic mass is 10.2. The van der Waals surface area contributed by atoms with Crippen LogP contribution >= 0.6 is 0 Å². The number of rotatable bonds is 3. The smallest absolute Gasteiger partial charge is 0.0403 e. The predicted octanol–water partition coefficient (Wildman–Crippen LogP) is 1.20. The zero-order chi connectivity index (χ0) is 7.28. The molecule has 0 aromatic heterocycles. The van der Waals surface area contributed by atoms with Crippen molar-refractivity contribution in [3.63, 3.8) is 0 Å². The van der Waals surface area contributed by atoms with Crippen LogP contribution in [0.5, 0.6) is 0 Å². The summed E-state index contributed by atoms with van der Waals surface area (Å²) in [6.07, 6.45) is 0.991. The van der Waals surface area contributed by atoms with Gasteiger partial charge in [0, 0.05) is 18.3 Å². The van der Waals surface area contributed by atoms with Crippen molar-refractivity contribution in [1.29, 1.82) is 0 Å². The van der Waals surface area contributed by atoms with Gasteiger partial charge >= 0.3 is 0 Å². The molecule has 0 aliphatic heterocycles. The minimum atomic E-state index is 0.285. The Bertz CT molecular complexity index is 91.1. The molecule has 0 fully saturated rings. The van der Waals surface area contributed by atoms with Gasteiger partial charge in [-0.15, -0.1) is 0 Å². The van der Waals surface area contributed by atoms with Gasteiger partial charge in [0.1, 0.15) is 0 Å². The third-order valence-corrected chi connectivity index (χ3v) is 1.01. The molecule has 0 saturated carbocycles. The minimum Gasteiger partial charge on any atom is -0.328 e. The largest absolute Gasteiger partial charge is 0.328 e. The fraction of sp³-hybridized carbons (Fsp3) is 0.857. The molecule has 0 aliphatic rings. The summed E-state index contributed by atoms with van der Waals surface area (Å²) in [5.41, 5.74) is 6.64. The fourth-order valence-corrected chi connectivity index (χ4v) is 0.492. The van der Waals surface area contributed by atoms with Crippen LogP contribution < -0.4 is 5.73 Å². The molecule has 0 spiro atoms. The van der Waals surface area contributed by atoms with Crippen molar-refractivity contribution in [2.24, 2.45) is 10.7 Å². The van der Waals surface area contributed by atoms with Gasteiger partial charge in [0.25, 0.3) is 0 Å². The van der Waals surface area contributed by atoms with E-state index in [0.717, 1.165) is 18.7 Å².